The van der Waals surface area contributed by atoms with Gasteiger partial charge in [-0.1, -0.05) is 33.9 Å². The van der Waals surface area contributed by atoms with Crippen LogP contribution < -0.4 is 11.1 Å². The molecule has 1 heterocycles. The molecule has 72 valence electrons. The lowest BCUT2D eigenvalue weighted by molar-refractivity contribution is 0.593. The van der Waals surface area contributed by atoms with Gasteiger partial charge in [-0.2, -0.15) is 0 Å². The first-order chi connectivity index (χ1) is 6.75. The molecule has 0 bridgehead atoms. The normalized spacial score (nSPS) is 10.1. The zero-order valence-electron chi connectivity index (χ0n) is 7.07. The number of aromatic nitrogens is 2. The van der Waals surface area contributed by atoms with Crippen LogP contribution in [0.5, 0.6) is 0 Å². The molecule has 0 saturated carbocycles. The zero-order valence-corrected chi connectivity index (χ0v) is 7.82. The average molecular weight is 211 g/mol. The van der Waals surface area contributed by atoms with E-state index in [1.165, 1.54) is 0 Å². The highest BCUT2D eigenvalue weighted by atomic mass is 35.5. The van der Waals surface area contributed by atoms with E-state index in [0.29, 0.717) is 10.7 Å². The number of nitrogens with two attached hydrogens (primary N) is 1. The molecule has 0 amide bonds. The van der Waals surface area contributed by atoms with Gasteiger partial charge in [0.1, 0.15) is 0 Å². The number of anilines is 3. The molecule has 5 nitrogen and oxygen atoms in total. The molecule has 14 heavy (non-hydrogen) atoms. The third-order valence-corrected chi connectivity index (χ3v) is 1.89. The molecule has 0 spiro atoms. The largest absolute Gasteiger partial charge is 0.389 e. The summed E-state index contributed by atoms with van der Waals surface area (Å²) in [7, 11) is 0. The number of rotatable bonds is 2. The quantitative estimate of drug-likeness (QED) is 0.793. The van der Waals surface area contributed by atoms with Crippen LogP contribution in [0, 0.1) is 0 Å². The van der Waals surface area contributed by atoms with Gasteiger partial charge in [-0.05, 0) is 12.1 Å². The minimum absolute atomic E-state index is 0.0135. The van der Waals surface area contributed by atoms with Crippen molar-refractivity contribution in [3.8, 4) is 0 Å². The Balaban J connectivity index is 2.23. The maximum atomic E-state index is 5.90. The van der Waals surface area contributed by atoms with E-state index >= 15 is 0 Å². The summed E-state index contributed by atoms with van der Waals surface area (Å²) < 4.78 is 4.93. The lowest BCUT2D eigenvalue weighted by atomic mass is 10.3. The van der Waals surface area contributed by atoms with Crippen LogP contribution in [0.25, 0.3) is 0 Å². The summed E-state index contributed by atoms with van der Waals surface area (Å²) in [6.45, 7) is 0. The molecular weight excluding hydrogens is 204 g/mol. The highest BCUT2D eigenvalue weighted by molar-refractivity contribution is 6.33. The maximum Gasteiger partial charge on any atom is 0.321 e. The summed E-state index contributed by atoms with van der Waals surface area (Å²) in [4.78, 5) is 0. The average Bonchev–Trinajstić information content (AvgIpc) is 2.56. The van der Waals surface area contributed by atoms with Gasteiger partial charge in [0.05, 0.1) is 10.7 Å². The Bertz CT molecular complexity index is 442. The number of nitrogens with zero attached hydrogens (tertiary/aromatic N) is 2. The highest BCUT2D eigenvalue weighted by Gasteiger charge is 2.04. The zero-order chi connectivity index (χ0) is 9.97. The van der Waals surface area contributed by atoms with E-state index in [9.17, 15) is 0 Å². The summed E-state index contributed by atoms with van der Waals surface area (Å²) in [5, 5.41) is 10.6. The second-order valence-electron chi connectivity index (χ2n) is 2.55. The molecule has 2 rings (SSSR count). The van der Waals surface area contributed by atoms with Crippen LogP contribution in [0.1, 0.15) is 0 Å². The van der Waals surface area contributed by atoms with Crippen molar-refractivity contribution in [1.82, 2.24) is 10.2 Å². The van der Waals surface area contributed by atoms with E-state index in [-0.39, 0.29) is 12.0 Å². The number of para-hydroxylation sites is 1. The number of nitrogen functional groups attached to an aromatic ring is 1. The van der Waals surface area contributed by atoms with Gasteiger partial charge in [0.2, 0.25) is 0 Å². The van der Waals surface area contributed by atoms with Gasteiger partial charge < -0.3 is 15.5 Å². The van der Waals surface area contributed by atoms with Crippen molar-refractivity contribution in [3.05, 3.63) is 29.3 Å². The standard InChI is InChI=1S/C8H7ClN4O/c9-5-3-1-2-4-6(5)11-8-13-12-7(10)14-8/h1-4H,(H2,10,12)(H,11,13). The molecule has 0 aliphatic rings. The molecule has 3 N–H and O–H groups in total. The monoisotopic (exact) mass is 210 g/mol. The first-order valence-corrected chi connectivity index (χ1v) is 4.24. The second kappa shape index (κ2) is 3.55. The molecule has 2 aromatic rings. The van der Waals surface area contributed by atoms with Crippen LogP contribution >= 0.6 is 11.6 Å². The maximum absolute atomic E-state index is 5.90. The van der Waals surface area contributed by atoms with Crippen LogP contribution in [0.2, 0.25) is 5.02 Å². The Kier molecular flexibility index (Phi) is 2.24. The second-order valence-corrected chi connectivity index (χ2v) is 2.96. The summed E-state index contributed by atoms with van der Waals surface area (Å²) in [6.07, 6.45) is 0. The Hall–Kier alpha value is -1.75. The predicted molar refractivity (Wildman–Crippen MR) is 53.4 cm³/mol. The third kappa shape index (κ3) is 1.77. The van der Waals surface area contributed by atoms with Crippen LogP contribution in [0.3, 0.4) is 0 Å². The summed E-state index contributed by atoms with van der Waals surface area (Å²) in [5.41, 5.74) is 5.95. The highest BCUT2D eigenvalue weighted by Crippen LogP contribution is 2.24. The lowest BCUT2D eigenvalue weighted by Gasteiger charge is -2.01. The molecule has 0 fully saturated rings. The molecule has 0 aliphatic carbocycles. The molecule has 0 atom stereocenters. The van der Waals surface area contributed by atoms with Gasteiger partial charge in [-0.3, -0.25) is 0 Å². The molecule has 0 radical (unpaired) electrons. The molecule has 0 unspecified atom stereocenters. The van der Waals surface area contributed by atoms with Crippen molar-refractivity contribution >= 4 is 29.3 Å². The van der Waals surface area contributed by atoms with Crippen molar-refractivity contribution in [1.29, 1.82) is 0 Å². The van der Waals surface area contributed by atoms with Crippen LogP contribution in [-0.2, 0) is 0 Å². The van der Waals surface area contributed by atoms with E-state index in [4.69, 9.17) is 21.8 Å². The van der Waals surface area contributed by atoms with Gasteiger partial charge in [0.15, 0.2) is 0 Å². The van der Waals surface area contributed by atoms with Crippen LogP contribution in [-0.4, -0.2) is 10.2 Å². The van der Waals surface area contributed by atoms with Gasteiger partial charge in [-0.15, -0.1) is 0 Å². The predicted octanol–water partition coefficient (Wildman–Crippen LogP) is 2.05. The SMILES string of the molecule is Nc1nnc(Nc2ccccc2Cl)o1. The molecule has 1 aromatic carbocycles. The van der Waals surface area contributed by atoms with Crippen molar-refractivity contribution in [2.24, 2.45) is 0 Å². The fourth-order valence-electron chi connectivity index (χ4n) is 0.963. The Morgan fingerprint density at radius 3 is 2.71 bits per heavy atom. The molecule has 0 aliphatic heterocycles. The van der Waals surface area contributed by atoms with E-state index in [1.54, 1.807) is 12.1 Å². The van der Waals surface area contributed by atoms with Gasteiger partial charge >= 0.3 is 12.0 Å². The summed E-state index contributed by atoms with van der Waals surface area (Å²) >= 11 is 5.90. The van der Waals surface area contributed by atoms with Crippen LogP contribution in [0.15, 0.2) is 28.7 Å². The number of hydrogen-bond acceptors (Lipinski definition) is 5. The Morgan fingerprint density at radius 1 is 1.29 bits per heavy atom. The van der Waals surface area contributed by atoms with E-state index in [1.807, 2.05) is 12.1 Å². The Morgan fingerprint density at radius 2 is 2.07 bits per heavy atom. The Labute approximate surface area is 84.9 Å². The number of nitrogens with one attached hydrogen (secondary N) is 1. The fourth-order valence-corrected chi connectivity index (χ4v) is 1.15. The van der Waals surface area contributed by atoms with Gasteiger partial charge in [0, 0.05) is 0 Å². The van der Waals surface area contributed by atoms with Crippen molar-refractivity contribution < 1.29 is 4.42 Å². The van der Waals surface area contributed by atoms with Crippen molar-refractivity contribution in [2.45, 2.75) is 0 Å². The molecular formula is C8H7ClN4O. The number of hydrogen-bond donors (Lipinski definition) is 2. The van der Waals surface area contributed by atoms with Crippen molar-refractivity contribution in [3.63, 3.8) is 0 Å². The van der Waals surface area contributed by atoms with Gasteiger partial charge in [0.25, 0.3) is 0 Å². The number of benzene rings is 1. The third-order valence-electron chi connectivity index (χ3n) is 1.56. The van der Waals surface area contributed by atoms with E-state index in [0.717, 1.165) is 0 Å². The lowest BCUT2D eigenvalue weighted by Crippen LogP contribution is -1.90. The molecule has 0 saturated heterocycles. The van der Waals surface area contributed by atoms with Crippen molar-refractivity contribution in [2.75, 3.05) is 11.1 Å². The first kappa shape index (κ1) is 8.83. The van der Waals surface area contributed by atoms with Crippen LogP contribution in [0.4, 0.5) is 17.7 Å². The molecule has 1 aromatic heterocycles. The summed E-state index contributed by atoms with van der Waals surface area (Å²) in [5.74, 6) is 0. The minimum atomic E-state index is 0.0135. The topological polar surface area (TPSA) is 77.0 Å². The van der Waals surface area contributed by atoms with E-state index in [2.05, 4.69) is 15.5 Å². The number of halogens is 1. The first-order valence-electron chi connectivity index (χ1n) is 3.86. The summed E-state index contributed by atoms with van der Waals surface area (Å²) in [6, 6.07) is 7.45. The fraction of sp³-hybridized carbons (Fsp3) is 0. The molecule has 6 heteroatoms. The van der Waals surface area contributed by atoms with E-state index < -0.39 is 0 Å². The minimum Gasteiger partial charge on any atom is -0.389 e. The smallest absolute Gasteiger partial charge is 0.321 e. The van der Waals surface area contributed by atoms with Gasteiger partial charge in [-0.25, -0.2) is 0 Å².